The Hall–Kier alpha value is -3.69. The van der Waals surface area contributed by atoms with Crippen LogP contribution < -0.4 is 5.32 Å². The Morgan fingerprint density at radius 1 is 1.11 bits per heavy atom. The first kappa shape index (κ1) is 27.3. The number of hydrogen-bond acceptors (Lipinski definition) is 7. The average molecular weight is 547 g/mol. The molecule has 2 heterocycles. The van der Waals surface area contributed by atoms with Crippen LogP contribution in [-0.2, 0) is 16.1 Å². The third kappa shape index (κ3) is 5.89. The number of ether oxygens (including phenoxy) is 1. The average Bonchev–Trinajstić information content (AvgIpc) is 3.47. The van der Waals surface area contributed by atoms with Crippen molar-refractivity contribution >= 4 is 40.0 Å². The maximum atomic E-state index is 13.0. The van der Waals surface area contributed by atoms with Gasteiger partial charge in [-0.25, -0.2) is 4.79 Å². The molecule has 1 N–H and O–H groups in total. The van der Waals surface area contributed by atoms with Gasteiger partial charge in [-0.15, -0.1) is 28.1 Å². The van der Waals surface area contributed by atoms with Crippen LogP contribution in [0.1, 0.15) is 40.6 Å². The molecule has 0 aliphatic heterocycles. The molecule has 0 saturated heterocycles. The molecule has 0 fully saturated rings. The first-order valence-electron chi connectivity index (χ1n) is 12.2. The van der Waals surface area contributed by atoms with Gasteiger partial charge in [-0.1, -0.05) is 86.3 Å². The molecule has 0 atom stereocenters. The lowest BCUT2D eigenvalue weighted by Gasteiger charge is -2.10. The lowest BCUT2D eigenvalue weighted by Crippen LogP contribution is -2.16. The smallest absolute Gasteiger partial charge is 0.341 e. The molecule has 0 aliphatic rings. The first-order valence-corrected chi connectivity index (χ1v) is 14.0. The number of benzene rings is 2. The van der Waals surface area contributed by atoms with E-state index in [4.69, 9.17) is 4.74 Å². The molecule has 4 aromatic rings. The standard InChI is InChI=1S/C29H30N4O3S2/c1-6-16-33-26(22-14-12-20(13-15-22)18(2)3)31-32-29(33)37-17-23(34)30-27-25(28(35)36-5)24(19(4)38-27)21-10-8-7-9-11-21/h6-15,18H,1,16-17H2,2-5H3,(H,30,34). The highest BCUT2D eigenvalue weighted by Gasteiger charge is 2.25. The van der Waals surface area contributed by atoms with Crippen LogP contribution in [0.2, 0.25) is 0 Å². The van der Waals surface area contributed by atoms with Gasteiger partial charge in [-0.05, 0) is 24.0 Å². The fourth-order valence-corrected chi connectivity index (χ4v) is 5.92. The van der Waals surface area contributed by atoms with Gasteiger partial charge in [0.05, 0.1) is 12.9 Å². The Balaban J connectivity index is 1.53. The molecule has 7 nitrogen and oxygen atoms in total. The minimum absolute atomic E-state index is 0.0970. The number of hydrogen-bond donors (Lipinski definition) is 1. The highest BCUT2D eigenvalue weighted by molar-refractivity contribution is 7.99. The number of allylic oxidation sites excluding steroid dienone is 1. The number of carbonyl (C=O) groups is 2. The van der Waals surface area contributed by atoms with E-state index in [-0.39, 0.29) is 11.7 Å². The van der Waals surface area contributed by atoms with Gasteiger partial charge in [0.25, 0.3) is 0 Å². The minimum atomic E-state index is -0.491. The van der Waals surface area contributed by atoms with Crippen molar-refractivity contribution in [3.05, 3.63) is 83.3 Å². The molecule has 0 saturated carbocycles. The molecular weight excluding hydrogens is 516 g/mol. The van der Waals surface area contributed by atoms with Gasteiger partial charge in [-0.2, -0.15) is 0 Å². The molecular formula is C29H30N4O3S2. The predicted molar refractivity (Wildman–Crippen MR) is 155 cm³/mol. The summed E-state index contributed by atoms with van der Waals surface area (Å²) in [5.41, 5.74) is 4.22. The van der Waals surface area contributed by atoms with E-state index < -0.39 is 5.97 Å². The topological polar surface area (TPSA) is 86.1 Å². The number of aromatic nitrogens is 3. The van der Waals surface area contributed by atoms with E-state index in [0.717, 1.165) is 27.4 Å². The third-order valence-corrected chi connectivity index (χ3v) is 7.97. The summed E-state index contributed by atoms with van der Waals surface area (Å²) in [6.07, 6.45) is 1.78. The number of nitrogens with one attached hydrogen (secondary N) is 1. The van der Waals surface area contributed by atoms with Gasteiger partial charge >= 0.3 is 5.97 Å². The number of thioether (sulfide) groups is 1. The van der Waals surface area contributed by atoms with E-state index >= 15 is 0 Å². The summed E-state index contributed by atoms with van der Waals surface area (Å²) in [5.74, 6) is 0.514. The zero-order valence-electron chi connectivity index (χ0n) is 21.9. The number of rotatable bonds is 10. The van der Waals surface area contributed by atoms with Crippen LogP contribution in [0.5, 0.6) is 0 Å². The van der Waals surface area contributed by atoms with Gasteiger partial charge in [-0.3, -0.25) is 9.36 Å². The second-order valence-corrected chi connectivity index (χ2v) is 11.1. The van der Waals surface area contributed by atoms with Gasteiger partial charge in [0.1, 0.15) is 10.6 Å². The number of methoxy groups -OCH3 is 1. The molecule has 2 aromatic heterocycles. The number of esters is 1. The molecule has 1 amide bonds. The third-order valence-electron chi connectivity index (χ3n) is 5.99. The molecule has 0 radical (unpaired) electrons. The Morgan fingerprint density at radius 2 is 1.82 bits per heavy atom. The summed E-state index contributed by atoms with van der Waals surface area (Å²) in [5, 5.41) is 12.7. The van der Waals surface area contributed by atoms with Crippen molar-refractivity contribution in [3.63, 3.8) is 0 Å². The monoisotopic (exact) mass is 546 g/mol. The van der Waals surface area contributed by atoms with Crippen LogP contribution in [0, 0.1) is 6.92 Å². The number of aryl methyl sites for hydroxylation is 1. The summed E-state index contributed by atoms with van der Waals surface area (Å²) < 4.78 is 6.99. The van der Waals surface area contributed by atoms with Crippen molar-refractivity contribution in [3.8, 4) is 22.5 Å². The Kier molecular flexibility index (Phi) is 8.81. The van der Waals surface area contributed by atoms with Crippen molar-refractivity contribution in [2.24, 2.45) is 0 Å². The summed E-state index contributed by atoms with van der Waals surface area (Å²) in [6, 6.07) is 17.9. The first-order chi connectivity index (χ1) is 18.3. The second-order valence-electron chi connectivity index (χ2n) is 8.91. The van der Waals surface area contributed by atoms with Crippen LogP contribution in [0.4, 0.5) is 5.00 Å². The van der Waals surface area contributed by atoms with Crippen molar-refractivity contribution in [1.82, 2.24) is 14.8 Å². The van der Waals surface area contributed by atoms with Crippen LogP contribution >= 0.6 is 23.1 Å². The molecule has 0 aliphatic carbocycles. The normalized spacial score (nSPS) is 11.0. The molecule has 9 heteroatoms. The Labute approximate surface area is 231 Å². The second kappa shape index (κ2) is 12.2. The molecule has 38 heavy (non-hydrogen) atoms. The van der Waals surface area contributed by atoms with Crippen molar-refractivity contribution < 1.29 is 14.3 Å². The number of thiophene rings is 1. The number of nitrogens with zero attached hydrogens (tertiary/aromatic N) is 3. The number of carbonyl (C=O) groups excluding carboxylic acids is 2. The lowest BCUT2D eigenvalue weighted by atomic mass is 10.0. The van der Waals surface area contributed by atoms with Crippen LogP contribution in [0.15, 0.2) is 72.4 Å². The maximum absolute atomic E-state index is 13.0. The van der Waals surface area contributed by atoms with E-state index in [2.05, 4.69) is 48.1 Å². The molecule has 196 valence electrons. The molecule has 0 bridgehead atoms. The van der Waals surface area contributed by atoms with E-state index in [1.165, 1.54) is 35.8 Å². The summed E-state index contributed by atoms with van der Waals surface area (Å²) >= 11 is 2.64. The maximum Gasteiger partial charge on any atom is 0.341 e. The summed E-state index contributed by atoms with van der Waals surface area (Å²) in [7, 11) is 1.34. The molecule has 4 rings (SSSR count). The SMILES string of the molecule is C=CCn1c(SCC(=O)Nc2sc(C)c(-c3ccccc3)c2C(=O)OC)nnc1-c1ccc(C(C)C)cc1. The van der Waals surface area contributed by atoms with E-state index in [1.807, 2.05) is 54.0 Å². The minimum Gasteiger partial charge on any atom is -0.465 e. The molecule has 2 aromatic carbocycles. The summed E-state index contributed by atoms with van der Waals surface area (Å²) in [4.78, 5) is 26.6. The predicted octanol–water partition coefficient (Wildman–Crippen LogP) is 6.81. The molecule has 0 unspecified atom stereocenters. The fourth-order valence-electron chi connectivity index (χ4n) is 4.09. The lowest BCUT2D eigenvalue weighted by molar-refractivity contribution is -0.113. The van der Waals surface area contributed by atoms with Gasteiger partial charge in [0.2, 0.25) is 5.91 Å². The number of anilines is 1. The quantitative estimate of drug-likeness (QED) is 0.134. The van der Waals surface area contributed by atoms with E-state index in [1.54, 1.807) is 6.08 Å². The van der Waals surface area contributed by atoms with Gasteiger partial charge in [0.15, 0.2) is 11.0 Å². The van der Waals surface area contributed by atoms with E-state index in [9.17, 15) is 9.59 Å². The van der Waals surface area contributed by atoms with Crippen molar-refractivity contribution in [1.29, 1.82) is 0 Å². The highest BCUT2D eigenvalue weighted by Crippen LogP contribution is 2.40. The van der Waals surface area contributed by atoms with Crippen LogP contribution in [-0.4, -0.2) is 39.5 Å². The zero-order chi connectivity index (χ0) is 27.2. The molecule has 0 spiro atoms. The Bertz CT molecular complexity index is 1440. The van der Waals surface area contributed by atoms with Crippen molar-refractivity contribution in [2.75, 3.05) is 18.2 Å². The highest BCUT2D eigenvalue weighted by atomic mass is 32.2. The summed E-state index contributed by atoms with van der Waals surface area (Å²) in [6.45, 7) is 10.6. The van der Waals surface area contributed by atoms with E-state index in [0.29, 0.717) is 28.2 Å². The largest absolute Gasteiger partial charge is 0.465 e. The van der Waals surface area contributed by atoms with Crippen molar-refractivity contribution in [2.45, 2.75) is 38.4 Å². The van der Waals surface area contributed by atoms with Crippen LogP contribution in [0.3, 0.4) is 0 Å². The zero-order valence-corrected chi connectivity index (χ0v) is 23.5. The van der Waals surface area contributed by atoms with Crippen LogP contribution in [0.25, 0.3) is 22.5 Å². The number of amides is 1. The van der Waals surface area contributed by atoms with Gasteiger partial charge in [0, 0.05) is 22.5 Å². The Morgan fingerprint density at radius 3 is 2.45 bits per heavy atom. The fraction of sp³-hybridized carbons (Fsp3) is 0.241. The van der Waals surface area contributed by atoms with Gasteiger partial charge < -0.3 is 10.1 Å².